The molecule has 0 N–H and O–H groups in total. The van der Waals surface area contributed by atoms with Crippen LogP contribution in [0.1, 0.15) is 12.0 Å². The lowest BCUT2D eigenvalue weighted by atomic mass is 10.2. The molecule has 0 radical (unpaired) electrons. The number of hydrogen-bond donors (Lipinski definition) is 0. The van der Waals surface area contributed by atoms with Crippen molar-refractivity contribution < 1.29 is 9.53 Å². The zero-order chi connectivity index (χ0) is 11.9. The molecule has 0 saturated heterocycles. The second kappa shape index (κ2) is 5.85. The van der Waals surface area contributed by atoms with Crippen LogP contribution in [0.25, 0.3) is 0 Å². The van der Waals surface area contributed by atoms with Gasteiger partial charge >= 0.3 is 5.97 Å². The smallest absolute Gasteiger partial charge is 0.338 e. The van der Waals surface area contributed by atoms with Crippen molar-refractivity contribution in [3.05, 3.63) is 71.8 Å². The number of allylic oxidation sites excluding steroid dienone is 4. The molecule has 0 unspecified atom stereocenters. The maximum absolute atomic E-state index is 11.7. The van der Waals surface area contributed by atoms with Crippen molar-refractivity contribution in [2.75, 3.05) is 0 Å². The van der Waals surface area contributed by atoms with Gasteiger partial charge in [0.2, 0.25) is 0 Å². The second-order valence-corrected chi connectivity index (χ2v) is 3.75. The van der Waals surface area contributed by atoms with Gasteiger partial charge in [0, 0.05) is 0 Å². The Labute approximate surface area is 101 Å². The predicted octanol–water partition coefficient (Wildman–Crippen LogP) is 3.17. The molecular formula is C15H14O2. The standard InChI is InChI=1S/C15H14O2/c16-15(14-10-6-1-2-7-11-14)17-12-13-8-4-3-5-9-13/h1,3-11H,2,12H2. The largest absolute Gasteiger partial charge is 0.457 e. The fourth-order valence-electron chi connectivity index (χ4n) is 1.52. The third-order valence-corrected chi connectivity index (χ3v) is 2.43. The summed E-state index contributed by atoms with van der Waals surface area (Å²) in [6.07, 6.45) is 10.2. The summed E-state index contributed by atoms with van der Waals surface area (Å²) in [5.41, 5.74) is 1.59. The average molecular weight is 226 g/mol. The van der Waals surface area contributed by atoms with Crippen LogP contribution < -0.4 is 0 Å². The molecule has 2 rings (SSSR count). The Morgan fingerprint density at radius 2 is 2.00 bits per heavy atom. The molecule has 17 heavy (non-hydrogen) atoms. The molecule has 1 aromatic carbocycles. The van der Waals surface area contributed by atoms with Crippen molar-refractivity contribution in [2.24, 2.45) is 0 Å². The van der Waals surface area contributed by atoms with Crippen LogP contribution in [0.15, 0.2) is 66.3 Å². The van der Waals surface area contributed by atoms with E-state index in [2.05, 4.69) is 0 Å². The Bertz CT molecular complexity index is 467. The van der Waals surface area contributed by atoms with E-state index in [1.54, 1.807) is 12.2 Å². The van der Waals surface area contributed by atoms with Crippen molar-refractivity contribution in [1.29, 1.82) is 0 Å². The van der Waals surface area contributed by atoms with Crippen molar-refractivity contribution in [2.45, 2.75) is 13.0 Å². The van der Waals surface area contributed by atoms with E-state index in [9.17, 15) is 4.79 Å². The van der Waals surface area contributed by atoms with Gasteiger partial charge in [0.25, 0.3) is 0 Å². The van der Waals surface area contributed by atoms with Gasteiger partial charge in [-0.2, -0.15) is 0 Å². The maximum Gasteiger partial charge on any atom is 0.338 e. The molecule has 0 amide bonds. The Morgan fingerprint density at radius 3 is 2.82 bits per heavy atom. The second-order valence-electron chi connectivity index (χ2n) is 3.75. The minimum atomic E-state index is -0.281. The Balaban J connectivity index is 1.94. The van der Waals surface area contributed by atoms with E-state index >= 15 is 0 Å². The number of rotatable bonds is 3. The van der Waals surface area contributed by atoms with Gasteiger partial charge in [-0.25, -0.2) is 4.79 Å². The molecule has 0 aromatic heterocycles. The van der Waals surface area contributed by atoms with Crippen LogP contribution in [-0.4, -0.2) is 5.97 Å². The normalized spacial score (nSPS) is 14.0. The fourth-order valence-corrected chi connectivity index (χ4v) is 1.52. The topological polar surface area (TPSA) is 26.3 Å². The van der Waals surface area contributed by atoms with Crippen LogP contribution in [0.4, 0.5) is 0 Å². The molecule has 0 bridgehead atoms. The highest BCUT2D eigenvalue weighted by atomic mass is 16.5. The van der Waals surface area contributed by atoms with Crippen molar-refractivity contribution in [3.63, 3.8) is 0 Å². The third-order valence-electron chi connectivity index (χ3n) is 2.43. The van der Waals surface area contributed by atoms with Crippen LogP contribution in [0.3, 0.4) is 0 Å². The molecule has 2 heteroatoms. The molecule has 2 nitrogen and oxygen atoms in total. The van der Waals surface area contributed by atoms with E-state index < -0.39 is 0 Å². The fraction of sp³-hybridized carbons (Fsp3) is 0.133. The van der Waals surface area contributed by atoms with Crippen LogP contribution in [0, 0.1) is 0 Å². The summed E-state index contributed by atoms with van der Waals surface area (Å²) in [6, 6.07) is 9.66. The predicted molar refractivity (Wildman–Crippen MR) is 67.2 cm³/mol. The van der Waals surface area contributed by atoms with E-state index in [1.807, 2.05) is 48.6 Å². The summed E-state index contributed by atoms with van der Waals surface area (Å²) in [4.78, 5) is 11.7. The van der Waals surface area contributed by atoms with Crippen molar-refractivity contribution in [3.8, 4) is 0 Å². The van der Waals surface area contributed by atoms with Gasteiger partial charge in [-0.05, 0) is 18.1 Å². The SMILES string of the molecule is O=C(OCc1ccccc1)C1=CC=CCC=C1. The average Bonchev–Trinajstić information content (AvgIpc) is 2.66. The van der Waals surface area contributed by atoms with E-state index in [1.165, 1.54) is 0 Å². The van der Waals surface area contributed by atoms with Crippen LogP contribution in [0.2, 0.25) is 0 Å². The van der Waals surface area contributed by atoms with Crippen molar-refractivity contribution >= 4 is 5.97 Å². The van der Waals surface area contributed by atoms with Gasteiger partial charge in [0.15, 0.2) is 0 Å². The molecule has 1 aliphatic rings. The molecule has 0 heterocycles. The molecule has 0 atom stereocenters. The molecule has 0 saturated carbocycles. The first-order valence-electron chi connectivity index (χ1n) is 5.61. The van der Waals surface area contributed by atoms with E-state index in [0.717, 1.165) is 12.0 Å². The van der Waals surface area contributed by atoms with E-state index in [-0.39, 0.29) is 5.97 Å². The highest BCUT2D eigenvalue weighted by Crippen LogP contribution is 2.08. The van der Waals surface area contributed by atoms with Gasteiger partial charge < -0.3 is 4.74 Å². The van der Waals surface area contributed by atoms with E-state index in [0.29, 0.717) is 12.2 Å². The molecule has 0 fully saturated rings. The summed E-state index contributed by atoms with van der Waals surface area (Å²) >= 11 is 0. The highest BCUT2D eigenvalue weighted by Gasteiger charge is 2.07. The molecule has 1 aromatic rings. The summed E-state index contributed by atoms with van der Waals surface area (Å²) in [5.74, 6) is -0.281. The van der Waals surface area contributed by atoms with Crippen molar-refractivity contribution in [1.82, 2.24) is 0 Å². The molecular weight excluding hydrogens is 212 g/mol. The van der Waals surface area contributed by atoms with Gasteiger partial charge in [0.05, 0.1) is 5.57 Å². The zero-order valence-corrected chi connectivity index (χ0v) is 9.50. The first kappa shape index (κ1) is 11.4. The minimum Gasteiger partial charge on any atom is -0.457 e. The molecule has 0 spiro atoms. The van der Waals surface area contributed by atoms with E-state index in [4.69, 9.17) is 4.74 Å². The number of carbonyl (C=O) groups is 1. The summed E-state index contributed by atoms with van der Waals surface area (Å²) in [6.45, 7) is 0.314. The van der Waals surface area contributed by atoms with Crippen LogP contribution in [0.5, 0.6) is 0 Å². The minimum absolute atomic E-state index is 0.281. The number of hydrogen-bond acceptors (Lipinski definition) is 2. The molecule has 1 aliphatic carbocycles. The van der Waals surface area contributed by atoms with Gasteiger partial charge in [-0.3, -0.25) is 0 Å². The lowest BCUT2D eigenvalue weighted by Crippen LogP contribution is -2.06. The third kappa shape index (κ3) is 3.45. The Kier molecular flexibility index (Phi) is 3.92. The number of ether oxygens (including phenoxy) is 1. The summed E-state index contributed by atoms with van der Waals surface area (Å²) in [7, 11) is 0. The first-order valence-corrected chi connectivity index (χ1v) is 5.61. The summed E-state index contributed by atoms with van der Waals surface area (Å²) < 4.78 is 5.23. The lowest BCUT2D eigenvalue weighted by Gasteiger charge is -2.04. The van der Waals surface area contributed by atoms with Crippen LogP contribution >= 0.6 is 0 Å². The number of esters is 1. The zero-order valence-electron chi connectivity index (χ0n) is 9.50. The van der Waals surface area contributed by atoms with Gasteiger partial charge in [-0.15, -0.1) is 0 Å². The first-order chi connectivity index (χ1) is 8.36. The lowest BCUT2D eigenvalue weighted by molar-refractivity contribution is -0.139. The Hall–Kier alpha value is -2.09. The molecule has 0 aliphatic heterocycles. The quantitative estimate of drug-likeness (QED) is 0.740. The summed E-state index contributed by atoms with van der Waals surface area (Å²) in [5, 5.41) is 0. The monoisotopic (exact) mass is 226 g/mol. The maximum atomic E-state index is 11.7. The number of benzene rings is 1. The molecule has 86 valence electrons. The number of carbonyl (C=O) groups excluding carboxylic acids is 1. The van der Waals surface area contributed by atoms with Crippen LogP contribution in [-0.2, 0) is 16.1 Å². The van der Waals surface area contributed by atoms with Gasteiger partial charge in [-0.1, -0.05) is 54.6 Å². The van der Waals surface area contributed by atoms with Gasteiger partial charge in [0.1, 0.15) is 6.61 Å². The Morgan fingerprint density at radius 1 is 1.18 bits per heavy atom. The highest BCUT2D eigenvalue weighted by molar-refractivity contribution is 5.92.